The highest BCUT2D eigenvalue weighted by atomic mass is 16.3. The Kier molecular flexibility index (Phi) is 4.48. The molecule has 2 aromatic carbocycles. The number of phenols is 1. The van der Waals surface area contributed by atoms with E-state index in [4.69, 9.17) is 0 Å². The molecule has 0 bridgehead atoms. The first-order valence-corrected chi connectivity index (χ1v) is 9.38. The second kappa shape index (κ2) is 6.91. The third kappa shape index (κ3) is 3.28. The lowest BCUT2D eigenvalue weighted by molar-refractivity contribution is -0.134. The van der Waals surface area contributed by atoms with Crippen LogP contribution in [-0.4, -0.2) is 29.0 Å². The van der Waals surface area contributed by atoms with Gasteiger partial charge >= 0.3 is 0 Å². The zero-order valence-corrected chi connectivity index (χ0v) is 14.5. The van der Waals surface area contributed by atoms with Crippen LogP contribution in [0.2, 0.25) is 0 Å². The second-order valence-electron chi connectivity index (χ2n) is 7.33. The Morgan fingerprint density at radius 2 is 1.68 bits per heavy atom. The topological polar surface area (TPSA) is 40.5 Å². The van der Waals surface area contributed by atoms with Crippen molar-refractivity contribution in [3.63, 3.8) is 0 Å². The highest BCUT2D eigenvalue weighted by Crippen LogP contribution is 2.35. The quantitative estimate of drug-likeness (QED) is 0.893. The van der Waals surface area contributed by atoms with Gasteiger partial charge in [-0.25, -0.2) is 0 Å². The van der Waals surface area contributed by atoms with Gasteiger partial charge in [0.15, 0.2) is 0 Å². The van der Waals surface area contributed by atoms with Gasteiger partial charge in [-0.1, -0.05) is 36.4 Å². The van der Waals surface area contributed by atoms with Gasteiger partial charge in [-0.15, -0.1) is 0 Å². The molecule has 1 fully saturated rings. The molecule has 2 aromatic rings. The molecule has 0 radical (unpaired) electrons. The minimum Gasteiger partial charge on any atom is -0.508 e. The van der Waals surface area contributed by atoms with Gasteiger partial charge in [-0.2, -0.15) is 0 Å². The maximum atomic E-state index is 13.1. The summed E-state index contributed by atoms with van der Waals surface area (Å²) < 4.78 is 0. The largest absolute Gasteiger partial charge is 0.508 e. The molecule has 1 amide bonds. The van der Waals surface area contributed by atoms with Gasteiger partial charge in [0.05, 0.1) is 5.92 Å². The molecule has 1 saturated heterocycles. The van der Waals surface area contributed by atoms with Crippen molar-refractivity contribution in [2.45, 2.75) is 43.9 Å². The normalized spacial score (nSPS) is 21.0. The van der Waals surface area contributed by atoms with Gasteiger partial charge in [-0.05, 0) is 66.8 Å². The van der Waals surface area contributed by atoms with E-state index in [1.807, 2.05) is 12.1 Å². The number of phenolic OH excluding ortho intramolecular Hbond substituents is 1. The molecule has 1 atom stereocenters. The molecule has 4 rings (SSSR count). The zero-order valence-electron chi connectivity index (χ0n) is 14.5. The van der Waals surface area contributed by atoms with E-state index in [1.54, 1.807) is 12.1 Å². The maximum Gasteiger partial charge on any atom is 0.230 e. The molecule has 0 saturated carbocycles. The summed E-state index contributed by atoms with van der Waals surface area (Å²) in [6.07, 6.45) is 5.20. The maximum absolute atomic E-state index is 13.1. The highest BCUT2D eigenvalue weighted by molar-refractivity contribution is 5.84. The average molecular weight is 335 g/mol. The highest BCUT2D eigenvalue weighted by Gasteiger charge is 2.32. The van der Waals surface area contributed by atoms with Crippen molar-refractivity contribution in [3.05, 3.63) is 65.2 Å². The van der Waals surface area contributed by atoms with Crippen LogP contribution in [0, 0.1) is 0 Å². The fourth-order valence-electron chi connectivity index (χ4n) is 4.41. The van der Waals surface area contributed by atoms with E-state index in [1.165, 1.54) is 16.7 Å². The number of aryl methyl sites for hydroxylation is 1. The van der Waals surface area contributed by atoms with Crippen LogP contribution in [0.15, 0.2) is 48.5 Å². The van der Waals surface area contributed by atoms with E-state index in [0.29, 0.717) is 17.6 Å². The molecule has 0 spiro atoms. The summed E-state index contributed by atoms with van der Waals surface area (Å²) in [5, 5.41) is 9.44. The predicted octanol–water partition coefficient (Wildman–Crippen LogP) is 4.22. The van der Waals surface area contributed by atoms with Gasteiger partial charge in [-0.3, -0.25) is 4.79 Å². The number of nitrogens with zero attached hydrogens (tertiary/aromatic N) is 1. The van der Waals surface area contributed by atoms with Crippen LogP contribution < -0.4 is 0 Å². The summed E-state index contributed by atoms with van der Waals surface area (Å²) in [5.41, 5.74) is 3.87. The third-order valence-corrected chi connectivity index (χ3v) is 5.84. The number of carbonyl (C=O) groups excluding carboxylic acids is 1. The Morgan fingerprint density at radius 3 is 2.44 bits per heavy atom. The summed E-state index contributed by atoms with van der Waals surface area (Å²) in [6.45, 7) is 1.67. The number of hydrogen-bond acceptors (Lipinski definition) is 2. The van der Waals surface area contributed by atoms with Gasteiger partial charge < -0.3 is 10.0 Å². The average Bonchev–Trinajstić information content (AvgIpc) is 2.68. The van der Waals surface area contributed by atoms with E-state index >= 15 is 0 Å². The van der Waals surface area contributed by atoms with Crippen molar-refractivity contribution < 1.29 is 9.90 Å². The number of benzene rings is 2. The molecule has 1 aliphatic heterocycles. The summed E-state index contributed by atoms with van der Waals surface area (Å²) in [5.74, 6) is 1.17. The third-order valence-electron chi connectivity index (χ3n) is 5.84. The molecule has 130 valence electrons. The molecular formula is C22H25NO2. The number of amides is 1. The first-order valence-electron chi connectivity index (χ1n) is 9.38. The van der Waals surface area contributed by atoms with Gasteiger partial charge in [0.1, 0.15) is 5.75 Å². The van der Waals surface area contributed by atoms with Crippen molar-refractivity contribution >= 4 is 5.91 Å². The summed E-state index contributed by atoms with van der Waals surface area (Å²) >= 11 is 0. The summed E-state index contributed by atoms with van der Waals surface area (Å²) in [6, 6.07) is 16.0. The van der Waals surface area contributed by atoms with Crippen molar-refractivity contribution in [3.8, 4) is 5.75 Å². The molecule has 3 heteroatoms. The van der Waals surface area contributed by atoms with Crippen LogP contribution in [0.4, 0.5) is 0 Å². The van der Waals surface area contributed by atoms with Crippen LogP contribution >= 0.6 is 0 Å². The van der Waals surface area contributed by atoms with E-state index in [9.17, 15) is 9.90 Å². The van der Waals surface area contributed by atoms with Crippen LogP contribution in [0.5, 0.6) is 5.75 Å². The Balaban J connectivity index is 1.43. The van der Waals surface area contributed by atoms with Crippen molar-refractivity contribution in [1.82, 2.24) is 4.90 Å². The van der Waals surface area contributed by atoms with E-state index in [2.05, 4.69) is 29.2 Å². The van der Waals surface area contributed by atoms with Crippen molar-refractivity contribution in [2.24, 2.45) is 0 Å². The second-order valence-corrected chi connectivity index (χ2v) is 7.33. The molecular weight excluding hydrogens is 310 g/mol. The lowest BCUT2D eigenvalue weighted by atomic mass is 9.81. The first kappa shape index (κ1) is 16.2. The van der Waals surface area contributed by atoms with E-state index in [0.717, 1.165) is 45.2 Å². The number of carbonyl (C=O) groups is 1. The van der Waals surface area contributed by atoms with E-state index < -0.39 is 0 Å². The summed E-state index contributed by atoms with van der Waals surface area (Å²) in [7, 11) is 0. The fraction of sp³-hybridized carbons (Fsp3) is 0.409. The number of hydrogen-bond donors (Lipinski definition) is 1. The molecule has 1 N–H and O–H groups in total. The first-order chi connectivity index (χ1) is 12.2. The van der Waals surface area contributed by atoms with Gasteiger partial charge in [0.2, 0.25) is 5.91 Å². The standard InChI is InChI=1S/C22H25NO2/c24-19-10-8-16(9-11-19)17-12-14-23(15-13-17)22(25)21-7-3-5-18-4-1-2-6-20(18)21/h1-2,4,6,8-11,17,21,24H,3,5,7,12-15H2. The molecule has 0 aromatic heterocycles. The van der Waals surface area contributed by atoms with Crippen LogP contribution in [0.25, 0.3) is 0 Å². The van der Waals surface area contributed by atoms with Crippen LogP contribution in [0.1, 0.15) is 54.2 Å². The SMILES string of the molecule is O=C(C1CCCc2ccccc21)N1CCC(c2ccc(O)cc2)CC1. The Bertz CT molecular complexity index is 745. The number of likely N-dealkylation sites (tertiary alicyclic amines) is 1. The molecule has 2 aliphatic rings. The lowest BCUT2D eigenvalue weighted by Gasteiger charge is -2.36. The Morgan fingerprint density at radius 1 is 0.960 bits per heavy atom. The smallest absolute Gasteiger partial charge is 0.230 e. The minimum atomic E-state index is 0.0511. The lowest BCUT2D eigenvalue weighted by Crippen LogP contribution is -2.41. The van der Waals surface area contributed by atoms with Gasteiger partial charge in [0.25, 0.3) is 0 Å². The molecule has 1 heterocycles. The van der Waals surface area contributed by atoms with Gasteiger partial charge in [0, 0.05) is 13.1 Å². The number of rotatable bonds is 2. The molecule has 25 heavy (non-hydrogen) atoms. The number of aromatic hydroxyl groups is 1. The molecule has 1 aliphatic carbocycles. The fourth-order valence-corrected chi connectivity index (χ4v) is 4.41. The van der Waals surface area contributed by atoms with E-state index in [-0.39, 0.29) is 5.92 Å². The van der Waals surface area contributed by atoms with Crippen molar-refractivity contribution in [2.75, 3.05) is 13.1 Å². The van der Waals surface area contributed by atoms with Crippen molar-refractivity contribution in [1.29, 1.82) is 0 Å². The monoisotopic (exact) mass is 335 g/mol. The Labute approximate surface area is 149 Å². The molecule has 1 unspecified atom stereocenters. The van der Waals surface area contributed by atoms with Crippen LogP contribution in [0.3, 0.4) is 0 Å². The minimum absolute atomic E-state index is 0.0511. The Hall–Kier alpha value is -2.29. The summed E-state index contributed by atoms with van der Waals surface area (Å²) in [4.78, 5) is 15.2. The number of fused-ring (bicyclic) bond motifs is 1. The zero-order chi connectivity index (χ0) is 17.2. The number of piperidine rings is 1. The predicted molar refractivity (Wildman–Crippen MR) is 98.8 cm³/mol. The molecule has 3 nitrogen and oxygen atoms in total. The van der Waals surface area contributed by atoms with Crippen LogP contribution in [-0.2, 0) is 11.2 Å².